The Kier molecular flexibility index (Phi) is 13.3. The van der Waals surface area contributed by atoms with Crippen molar-refractivity contribution in [3.05, 3.63) is 41.0 Å². The Hall–Kier alpha value is -2.61. The maximum Gasteiger partial charge on any atom is 0.249 e. The Morgan fingerprint density at radius 1 is 1.21 bits per heavy atom. The summed E-state index contributed by atoms with van der Waals surface area (Å²) in [6.07, 6.45) is -0.776. The number of hydrogen-bond acceptors (Lipinski definition) is 9. The van der Waals surface area contributed by atoms with E-state index in [0.29, 0.717) is 13.2 Å². The molecule has 0 unspecified atom stereocenters. The molecule has 234 valence electrons. The fourth-order valence-corrected chi connectivity index (χ4v) is 5.72. The molecule has 0 saturated carbocycles. The van der Waals surface area contributed by atoms with Gasteiger partial charge in [0, 0.05) is 26.4 Å². The first-order valence-electron chi connectivity index (χ1n) is 13.8. The summed E-state index contributed by atoms with van der Waals surface area (Å²) < 4.78 is 5.33. The van der Waals surface area contributed by atoms with Crippen molar-refractivity contribution in [3.8, 4) is 10.4 Å². The van der Waals surface area contributed by atoms with Crippen LogP contribution in [0.3, 0.4) is 0 Å². The molecule has 1 fully saturated rings. The zero-order valence-corrected chi connectivity index (χ0v) is 26.8. The average Bonchev–Trinajstić information content (AvgIpc) is 3.52. The summed E-state index contributed by atoms with van der Waals surface area (Å²) in [5.41, 5.74) is 9.44. The van der Waals surface area contributed by atoms with E-state index in [1.54, 1.807) is 11.3 Å². The minimum Gasteiger partial charge on any atom is -0.391 e. The van der Waals surface area contributed by atoms with Crippen LogP contribution >= 0.6 is 23.7 Å². The van der Waals surface area contributed by atoms with Gasteiger partial charge in [-0.25, -0.2) is 10.0 Å². The topological polar surface area (TPSA) is 147 Å². The number of benzene rings is 1. The molecule has 1 aromatic carbocycles. The van der Waals surface area contributed by atoms with Gasteiger partial charge in [-0.3, -0.25) is 19.2 Å². The zero-order chi connectivity index (χ0) is 30.3. The van der Waals surface area contributed by atoms with Crippen LogP contribution < -0.4 is 11.1 Å². The highest BCUT2D eigenvalue weighted by Gasteiger charge is 2.47. The van der Waals surface area contributed by atoms with Gasteiger partial charge in [-0.15, -0.1) is 23.7 Å². The predicted molar refractivity (Wildman–Crippen MR) is 164 cm³/mol. The van der Waals surface area contributed by atoms with Crippen LogP contribution in [0.5, 0.6) is 0 Å². The largest absolute Gasteiger partial charge is 0.391 e. The molecule has 2 aromatic rings. The Morgan fingerprint density at radius 2 is 1.88 bits per heavy atom. The molecule has 1 aliphatic heterocycles. The van der Waals surface area contributed by atoms with Gasteiger partial charge in [0.1, 0.15) is 12.1 Å². The first kappa shape index (κ1) is 35.6. The van der Waals surface area contributed by atoms with E-state index in [2.05, 4.69) is 10.3 Å². The van der Waals surface area contributed by atoms with Crippen molar-refractivity contribution >= 4 is 41.5 Å². The maximum absolute atomic E-state index is 14.0. The number of nitrogens with zero attached hydrogens (tertiary/aromatic N) is 3. The summed E-state index contributed by atoms with van der Waals surface area (Å²) in [6.45, 7) is 11.5. The molecule has 3 rings (SSSR count). The molecule has 0 spiro atoms. The average molecular weight is 626 g/mol. The Bertz CT molecular complexity index is 1190. The summed E-state index contributed by atoms with van der Waals surface area (Å²) in [5.74, 6) is -1.30. The quantitative estimate of drug-likeness (QED) is 0.241. The van der Waals surface area contributed by atoms with Crippen LogP contribution in [0.15, 0.2) is 29.8 Å². The van der Waals surface area contributed by atoms with Gasteiger partial charge in [0.05, 0.1) is 48.0 Å². The number of ether oxygens (including phenoxy) is 1. The van der Waals surface area contributed by atoms with Gasteiger partial charge >= 0.3 is 0 Å². The second kappa shape index (κ2) is 15.7. The molecule has 0 bridgehead atoms. The summed E-state index contributed by atoms with van der Waals surface area (Å²) >= 11 is 1.58. The molecule has 13 heteroatoms. The normalized spacial score (nSPS) is 18.2. The third-order valence-electron chi connectivity index (χ3n) is 6.96. The van der Waals surface area contributed by atoms with E-state index in [4.69, 9.17) is 15.3 Å². The number of hydroxylamine groups is 2. The molecule has 42 heavy (non-hydrogen) atoms. The van der Waals surface area contributed by atoms with Gasteiger partial charge in [-0.05, 0) is 30.4 Å². The van der Waals surface area contributed by atoms with Crippen molar-refractivity contribution in [2.45, 2.75) is 72.2 Å². The summed E-state index contributed by atoms with van der Waals surface area (Å²) in [4.78, 5) is 52.5. The molecular formula is C29H44ClN5O6S. The van der Waals surface area contributed by atoms with E-state index in [0.717, 1.165) is 26.8 Å². The fourth-order valence-electron chi connectivity index (χ4n) is 4.91. The summed E-state index contributed by atoms with van der Waals surface area (Å²) in [5, 5.41) is 14.6. The molecule has 1 aromatic heterocycles. The van der Waals surface area contributed by atoms with Gasteiger partial charge in [0.2, 0.25) is 17.7 Å². The van der Waals surface area contributed by atoms with Crippen molar-refractivity contribution in [2.75, 3.05) is 32.9 Å². The van der Waals surface area contributed by atoms with Crippen LogP contribution in [0.2, 0.25) is 0 Å². The minimum absolute atomic E-state index is 0. The number of amides is 3. The fraction of sp³-hybridized carbons (Fsp3) is 0.586. The number of nitrogens with one attached hydrogen (secondary N) is 1. The number of thiazole rings is 1. The molecule has 11 nitrogen and oxygen atoms in total. The number of aromatic nitrogens is 1. The number of β-amino-alcohol motifs (C(OH)–C–C–N with tert-alkyl or cyclic N) is 1. The minimum atomic E-state index is -1.03. The number of likely N-dealkylation sites (tertiary alicyclic amines) is 1. The third-order valence-corrected chi connectivity index (χ3v) is 7.94. The standard InChI is InChI=1S/C29H43N5O6S.ClH/c1-18(21-7-9-22(10-8-21)25-19(2)31-17-41-25)32-27(37)24-15-23(36)16-33(24)28(38)26(29(4,5)6)34(20(3)35)40-14-13-39-12-11-30;/h7-10,17-18,23-24,26,36H,11-16,30H2,1-6H3,(H,32,37);1H/t18-,23+,24-,26+;/m0./s1. The second-order valence-corrected chi connectivity index (χ2v) is 12.2. The molecule has 3 amide bonds. The third kappa shape index (κ3) is 8.95. The molecule has 2 heterocycles. The SMILES string of the molecule is CC(=O)N(OCCOCCN)[C@H](C(=O)N1C[C@H](O)C[C@H]1C(=O)N[C@@H](C)c1ccc(-c2scnc2C)cc1)C(C)(C)C.Cl. The summed E-state index contributed by atoms with van der Waals surface area (Å²) in [6, 6.07) is 5.65. The van der Waals surface area contributed by atoms with Gasteiger partial charge in [0.25, 0.3) is 0 Å². The first-order chi connectivity index (χ1) is 19.3. The van der Waals surface area contributed by atoms with Gasteiger partial charge in [-0.2, -0.15) is 0 Å². The number of aryl methyl sites for hydroxylation is 1. The van der Waals surface area contributed by atoms with Gasteiger partial charge < -0.3 is 25.8 Å². The van der Waals surface area contributed by atoms with Crippen LogP contribution in [0.4, 0.5) is 0 Å². The number of aliphatic hydroxyl groups excluding tert-OH is 1. The van der Waals surface area contributed by atoms with Crippen LogP contribution in [0, 0.1) is 12.3 Å². The van der Waals surface area contributed by atoms with E-state index in [9.17, 15) is 19.5 Å². The molecule has 0 radical (unpaired) electrons. The lowest BCUT2D eigenvalue weighted by atomic mass is 9.85. The van der Waals surface area contributed by atoms with Crippen molar-refractivity contribution in [3.63, 3.8) is 0 Å². The lowest BCUT2D eigenvalue weighted by Gasteiger charge is -2.40. The van der Waals surface area contributed by atoms with Crippen LogP contribution in [-0.2, 0) is 24.0 Å². The van der Waals surface area contributed by atoms with Gasteiger partial charge in [0.15, 0.2) is 0 Å². The smallest absolute Gasteiger partial charge is 0.249 e. The number of rotatable bonds is 12. The molecule has 4 atom stereocenters. The number of hydrogen-bond donors (Lipinski definition) is 3. The van der Waals surface area contributed by atoms with E-state index in [-0.39, 0.29) is 50.5 Å². The number of carbonyl (C=O) groups is 3. The molecule has 0 aliphatic carbocycles. The highest BCUT2D eigenvalue weighted by atomic mass is 35.5. The summed E-state index contributed by atoms with van der Waals surface area (Å²) in [7, 11) is 0. The molecule has 1 saturated heterocycles. The van der Waals surface area contributed by atoms with E-state index < -0.39 is 35.4 Å². The van der Waals surface area contributed by atoms with Crippen LogP contribution in [0.25, 0.3) is 10.4 Å². The number of aliphatic hydroxyl groups is 1. The first-order valence-corrected chi connectivity index (χ1v) is 14.7. The van der Waals surface area contributed by atoms with E-state index in [1.165, 1.54) is 11.8 Å². The zero-order valence-electron chi connectivity index (χ0n) is 25.2. The Balaban J connectivity index is 0.00000616. The van der Waals surface area contributed by atoms with Crippen molar-refractivity contribution in [1.29, 1.82) is 0 Å². The second-order valence-electron chi connectivity index (χ2n) is 11.4. The Morgan fingerprint density at radius 3 is 2.43 bits per heavy atom. The highest BCUT2D eigenvalue weighted by molar-refractivity contribution is 7.13. The van der Waals surface area contributed by atoms with Crippen molar-refractivity contribution in [1.82, 2.24) is 20.3 Å². The number of carbonyl (C=O) groups excluding carboxylic acids is 3. The maximum atomic E-state index is 14.0. The lowest BCUT2D eigenvalue weighted by molar-refractivity contribution is -0.217. The molecule has 1 aliphatic rings. The van der Waals surface area contributed by atoms with E-state index in [1.807, 2.05) is 64.4 Å². The predicted octanol–water partition coefficient (Wildman–Crippen LogP) is 2.85. The van der Waals surface area contributed by atoms with Gasteiger partial charge in [-0.1, -0.05) is 45.0 Å². The van der Waals surface area contributed by atoms with E-state index >= 15 is 0 Å². The number of nitrogens with two attached hydrogens (primary N) is 1. The molecule has 4 N–H and O–H groups in total. The number of halogens is 1. The van der Waals surface area contributed by atoms with Crippen LogP contribution in [-0.4, -0.2) is 88.9 Å². The van der Waals surface area contributed by atoms with Crippen molar-refractivity contribution in [2.24, 2.45) is 11.1 Å². The lowest BCUT2D eigenvalue weighted by Crippen LogP contribution is -2.59. The molecular weight excluding hydrogens is 582 g/mol. The van der Waals surface area contributed by atoms with Crippen molar-refractivity contribution < 1.29 is 29.1 Å². The van der Waals surface area contributed by atoms with Crippen LogP contribution in [0.1, 0.15) is 58.3 Å². The monoisotopic (exact) mass is 625 g/mol. The highest BCUT2D eigenvalue weighted by Crippen LogP contribution is 2.31. The Labute approximate surface area is 258 Å².